The lowest BCUT2D eigenvalue weighted by Crippen LogP contribution is -2.30. The fourth-order valence-corrected chi connectivity index (χ4v) is 7.00. The number of aliphatic hydroxyl groups is 1. The fraction of sp³-hybridized carbons (Fsp3) is 0.569. The first-order chi connectivity index (χ1) is 34.2. The molecule has 0 radical (unpaired) electrons. The van der Waals surface area contributed by atoms with E-state index in [1.54, 1.807) is 6.08 Å². The van der Waals surface area contributed by atoms with Crippen molar-refractivity contribution in [3.8, 4) is 0 Å². The molecule has 0 spiro atoms. The van der Waals surface area contributed by atoms with Gasteiger partial charge in [-0.15, -0.1) is 0 Å². The van der Waals surface area contributed by atoms with Gasteiger partial charge in [-0.3, -0.25) is 23.4 Å². The zero-order valence-corrected chi connectivity index (χ0v) is 44.1. The van der Waals surface area contributed by atoms with Gasteiger partial charge in [0, 0.05) is 12.8 Å². The van der Waals surface area contributed by atoms with Crippen LogP contribution in [0, 0.1) is 0 Å². The van der Waals surface area contributed by atoms with E-state index >= 15 is 0 Å². The zero-order valence-electron chi connectivity index (χ0n) is 43.2. The number of unbranched alkanes of at least 4 members (excludes halogenated alkanes) is 8. The molecule has 70 heavy (non-hydrogen) atoms. The summed E-state index contributed by atoms with van der Waals surface area (Å²) < 4.78 is 39.1. The van der Waals surface area contributed by atoms with Crippen molar-refractivity contribution >= 4 is 25.7 Å². The van der Waals surface area contributed by atoms with Crippen molar-refractivity contribution in [2.75, 3.05) is 26.4 Å². The largest absolute Gasteiger partial charge is 0.472 e. The van der Waals surface area contributed by atoms with Gasteiger partial charge in [-0.1, -0.05) is 206 Å². The third-order valence-electron chi connectivity index (χ3n) is 10.1. The summed E-state index contributed by atoms with van der Waals surface area (Å²) >= 11 is 0. The van der Waals surface area contributed by atoms with E-state index in [9.17, 15) is 28.9 Å². The van der Waals surface area contributed by atoms with Crippen LogP contribution in [-0.2, 0) is 42.2 Å². The van der Waals surface area contributed by atoms with E-state index in [0.717, 1.165) is 77.0 Å². The van der Waals surface area contributed by atoms with Crippen molar-refractivity contribution in [2.24, 2.45) is 0 Å². The van der Waals surface area contributed by atoms with Gasteiger partial charge in [0.15, 0.2) is 6.10 Å². The lowest BCUT2D eigenvalue weighted by atomic mass is 10.1. The molecule has 0 aliphatic heterocycles. The number of hydrogen-bond acceptors (Lipinski definition) is 10. The molecule has 0 aliphatic rings. The normalized spacial score (nSPS) is 14.5. The molecule has 0 fully saturated rings. The van der Waals surface area contributed by atoms with Gasteiger partial charge in [0.2, 0.25) is 0 Å². The number of allylic oxidation sites excluding steroid dienone is 21. The first kappa shape index (κ1) is 65.6. The molecule has 0 amide bonds. The number of rotatable bonds is 46. The molecule has 0 aliphatic carbocycles. The smallest absolute Gasteiger partial charge is 0.462 e. The van der Waals surface area contributed by atoms with Gasteiger partial charge in [0.05, 0.1) is 26.2 Å². The fourth-order valence-electron chi connectivity index (χ4n) is 6.22. The van der Waals surface area contributed by atoms with Crippen molar-refractivity contribution in [3.05, 3.63) is 134 Å². The summed E-state index contributed by atoms with van der Waals surface area (Å²) in [5, 5.41) is 9.75. The Labute approximate surface area is 423 Å². The van der Waals surface area contributed by atoms with E-state index in [4.69, 9.17) is 23.3 Å². The van der Waals surface area contributed by atoms with Crippen LogP contribution < -0.4 is 0 Å². The molecule has 2 N–H and O–H groups in total. The van der Waals surface area contributed by atoms with E-state index < -0.39 is 57.8 Å². The second kappa shape index (κ2) is 51.0. The average Bonchev–Trinajstić information content (AvgIpc) is 3.35. The molecule has 0 heterocycles. The molecule has 0 bridgehead atoms. The van der Waals surface area contributed by atoms with Crippen LogP contribution in [0.4, 0.5) is 0 Å². The Balaban J connectivity index is 4.91. The van der Waals surface area contributed by atoms with Gasteiger partial charge in [-0.05, 0) is 83.5 Å². The summed E-state index contributed by atoms with van der Waals surface area (Å²) in [5.41, 5.74) is 0. The Bertz CT molecular complexity index is 1680. The van der Waals surface area contributed by atoms with Crippen LogP contribution in [0.15, 0.2) is 134 Å². The first-order valence-electron chi connectivity index (χ1n) is 26.1. The van der Waals surface area contributed by atoms with Gasteiger partial charge >= 0.3 is 25.7 Å². The van der Waals surface area contributed by atoms with Crippen molar-refractivity contribution in [3.63, 3.8) is 0 Å². The number of esters is 3. The standard InChI is InChI=1S/C58H91O11P/c1-4-7-10-13-16-19-21-23-25-26-27-28-30-32-34-37-40-43-46-49-58(62)69-55(51-65-56(60)47-44-41-38-35-18-15-12-9-6-3)53-67-70(63,64)66-52-54(50-59)68-57(61)48-45-42-39-36-33-31-29-24-22-20-17-14-11-8-5-2/h7-8,10-11,16-17,19-20,23-25,27-29,32-34,36,40,42-43,45,54-55,59H,4-6,9,12-15,18,21-22,26,30-31,35,37-39,41,44,46-53H2,1-3H3,(H,63,64)/b10-7-,11-8-,19-16-,20-17-,25-23-,28-27-,29-24-,34-32-,36-33-,43-40-,45-42-. The molecule has 0 aromatic rings. The molecule has 0 aromatic heterocycles. The minimum Gasteiger partial charge on any atom is -0.462 e. The minimum absolute atomic E-state index is 0.0293. The molecule has 0 saturated heterocycles. The Morgan fingerprint density at radius 1 is 0.429 bits per heavy atom. The predicted molar refractivity (Wildman–Crippen MR) is 288 cm³/mol. The summed E-state index contributed by atoms with van der Waals surface area (Å²) in [5.74, 6) is -1.72. The molecule has 394 valence electrons. The highest BCUT2D eigenvalue weighted by Gasteiger charge is 2.28. The molecule has 11 nitrogen and oxygen atoms in total. The number of carbonyl (C=O) groups is 3. The van der Waals surface area contributed by atoms with Crippen molar-refractivity contribution in [1.82, 2.24) is 0 Å². The van der Waals surface area contributed by atoms with Gasteiger partial charge < -0.3 is 24.2 Å². The molecule has 0 saturated carbocycles. The number of aliphatic hydroxyl groups excluding tert-OH is 1. The average molecular weight is 995 g/mol. The summed E-state index contributed by atoms with van der Waals surface area (Å²) in [4.78, 5) is 48.2. The molecule has 0 aromatic carbocycles. The quantitative estimate of drug-likeness (QED) is 0.0197. The van der Waals surface area contributed by atoms with E-state index in [1.807, 2.05) is 30.4 Å². The van der Waals surface area contributed by atoms with Crippen molar-refractivity contribution in [1.29, 1.82) is 0 Å². The Kier molecular flexibility index (Phi) is 47.8. The summed E-state index contributed by atoms with van der Waals surface area (Å²) in [6.45, 7) is 4.15. The van der Waals surface area contributed by atoms with Crippen LogP contribution in [0.2, 0.25) is 0 Å². The van der Waals surface area contributed by atoms with Gasteiger partial charge in [0.25, 0.3) is 0 Å². The highest BCUT2D eigenvalue weighted by Crippen LogP contribution is 2.43. The second-order valence-electron chi connectivity index (χ2n) is 16.6. The third-order valence-corrected chi connectivity index (χ3v) is 11.1. The molecule has 12 heteroatoms. The molecule has 0 rings (SSSR count). The maximum atomic E-state index is 12.8. The topological polar surface area (TPSA) is 155 Å². The summed E-state index contributed by atoms with van der Waals surface area (Å²) in [6, 6.07) is 0. The third kappa shape index (κ3) is 48.6. The van der Waals surface area contributed by atoms with Crippen LogP contribution in [0.25, 0.3) is 0 Å². The molecular formula is C58H91O11P. The van der Waals surface area contributed by atoms with E-state index in [2.05, 4.69) is 118 Å². The SMILES string of the molecule is CC/C=C\C/C=C\C/C=C\C/C=C\C/C=C\C/C=C\CCC(=O)OC(COC(=O)CCCCCCCCCCC)COP(=O)(O)OCC(CO)OC(=O)C/C=C\C/C=C\C/C=C\C/C=C\C/C=C\CC. The Hall–Kier alpha value is -4.38. The second-order valence-corrected chi connectivity index (χ2v) is 18.0. The molecular weight excluding hydrogens is 904 g/mol. The van der Waals surface area contributed by atoms with Crippen LogP contribution in [0.3, 0.4) is 0 Å². The van der Waals surface area contributed by atoms with Crippen LogP contribution >= 0.6 is 7.82 Å². The highest BCUT2D eigenvalue weighted by molar-refractivity contribution is 7.47. The number of phosphoric ester groups is 1. The van der Waals surface area contributed by atoms with Crippen LogP contribution in [0.1, 0.15) is 175 Å². The lowest BCUT2D eigenvalue weighted by Gasteiger charge is -2.21. The molecule has 3 unspecified atom stereocenters. The number of hydrogen-bond donors (Lipinski definition) is 2. The van der Waals surface area contributed by atoms with Crippen molar-refractivity contribution in [2.45, 2.75) is 187 Å². The van der Waals surface area contributed by atoms with E-state index in [0.29, 0.717) is 25.7 Å². The van der Waals surface area contributed by atoms with Crippen LogP contribution in [0.5, 0.6) is 0 Å². The number of ether oxygens (including phenoxy) is 3. The predicted octanol–water partition coefficient (Wildman–Crippen LogP) is 15.0. The van der Waals surface area contributed by atoms with Gasteiger partial charge in [-0.25, -0.2) is 4.57 Å². The lowest BCUT2D eigenvalue weighted by molar-refractivity contribution is -0.161. The van der Waals surface area contributed by atoms with Crippen molar-refractivity contribution < 1.29 is 52.2 Å². The first-order valence-corrected chi connectivity index (χ1v) is 27.6. The summed E-state index contributed by atoms with van der Waals surface area (Å²) in [7, 11) is -4.79. The maximum Gasteiger partial charge on any atom is 0.472 e. The van der Waals surface area contributed by atoms with E-state index in [1.165, 1.54) is 32.1 Å². The maximum absolute atomic E-state index is 12.8. The summed E-state index contributed by atoms with van der Waals surface area (Å²) in [6.07, 6.45) is 63.3. The van der Waals surface area contributed by atoms with Gasteiger partial charge in [-0.2, -0.15) is 0 Å². The monoisotopic (exact) mass is 995 g/mol. The van der Waals surface area contributed by atoms with Crippen LogP contribution in [-0.4, -0.2) is 66.5 Å². The highest BCUT2D eigenvalue weighted by atomic mass is 31.2. The minimum atomic E-state index is -4.79. The number of phosphoric acid groups is 1. The zero-order chi connectivity index (χ0) is 51.3. The van der Waals surface area contributed by atoms with Gasteiger partial charge in [0.1, 0.15) is 12.7 Å². The Morgan fingerprint density at radius 3 is 1.23 bits per heavy atom. The number of carbonyl (C=O) groups excluding carboxylic acids is 3. The van der Waals surface area contributed by atoms with E-state index in [-0.39, 0.29) is 25.9 Å². The molecule has 3 atom stereocenters. The Morgan fingerprint density at radius 2 is 0.800 bits per heavy atom.